The van der Waals surface area contributed by atoms with Crippen molar-refractivity contribution in [2.45, 2.75) is 25.8 Å². The lowest BCUT2D eigenvalue weighted by Crippen LogP contribution is -2.39. The van der Waals surface area contributed by atoms with Crippen molar-refractivity contribution in [1.29, 1.82) is 0 Å². The van der Waals surface area contributed by atoms with Gasteiger partial charge < -0.3 is 9.73 Å². The first-order valence-corrected chi connectivity index (χ1v) is 9.54. The van der Waals surface area contributed by atoms with Crippen LogP contribution in [0, 0.1) is 0 Å². The Hall–Kier alpha value is -2.18. The average Bonchev–Trinajstić information content (AvgIpc) is 3.37. The van der Waals surface area contributed by atoms with E-state index in [2.05, 4.69) is 22.1 Å². The lowest BCUT2D eigenvalue weighted by molar-refractivity contribution is 0.0914. The maximum absolute atomic E-state index is 12.4. The van der Waals surface area contributed by atoms with Crippen LogP contribution in [-0.2, 0) is 0 Å². The molecule has 4 rings (SSSR count). The molecule has 1 saturated heterocycles. The number of thiazole rings is 1. The van der Waals surface area contributed by atoms with E-state index in [1.807, 2.05) is 30.3 Å². The maximum atomic E-state index is 12.4. The second-order valence-corrected chi connectivity index (χ2v) is 7.32. The van der Waals surface area contributed by atoms with Crippen molar-refractivity contribution in [3.8, 4) is 10.8 Å². The molecule has 0 spiro atoms. The van der Waals surface area contributed by atoms with Crippen LogP contribution in [0.4, 0.5) is 0 Å². The SMILES string of the molecule is CCN1CCCC1CNC(=O)c1ccc(-c2nc3ccccc3s2)o1. The molecule has 0 saturated carbocycles. The highest BCUT2D eigenvalue weighted by atomic mass is 32.1. The normalized spacial score (nSPS) is 18.0. The number of amides is 1. The topological polar surface area (TPSA) is 58.4 Å². The van der Waals surface area contributed by atoms with E-state index in [1.54, 1.807) is 17.4 Å². The number of carbonyl (C=O) groups is 1. The van der Waals surface area contributed by atoms with E-state index in [4.69, 9.17) is 4.42 Å². The summed E-state index contributed by atoms with van der Waals surface area (Å²) in [5.74, 6) is 0.827. The fourth-order valence-electron chi connectivity index (χ4n) is 3.39. The predicted molar refractivity (Wildman–Crippen MR) is 99.9 cm³/mol. The van der Waals surface area contributed by atoms with E-state index in [9.17, 15) is 4.79 Å². The number of nitrogens with zero attached hydrogens (tertiary/aromatic N) is 2. The van der Waals surface area contributed by atoms with Gasteiger partial charge in [-0.05, 0) is 50.2 Å². The number of para-hydroxylation sites is 1. The molecule has 130 valence electrons. The molecule has 1 amide bonds. The molecule has 25 heavy (non-hydrogen) atoms. The van der Waals surface area contributed by atoms with Gasteiger partial charge in [0.2, 0.25) is 0 Å². The Morgan fingerprint density at radius 2 is 2.24 bits per heavy atom. The molecule has 2 aromatic heterocycles. The van der Waals surface area contributed by atoms with Gasteiger partial charge in [-0.15, -0.1) is 11.3 Å². The van der Waals surface area contributed by atoms with Crippen LogP contribution in [-0.4, -0.2) is 41.5 Å². The molecule has 1 aliphatic heterocycles. The van der Waals surface area contributed by atoms with Gasteiger partial charge in [0.15, 0.2) is 16.5 Å². The van der Waals surface area contributed by atoms with E-state index < -0.39 is 0 Å². The molecule has 1 fully saturated rings. The number of fused-ring (bicyclic) bond motifs is 1. The molecule has 0 bridgehead atoms. The highest BCUT2D eigenvalue weighted by Gasteiger charge is 2.24. The first-order chi connectivity index (χ1) is 12.2. The number of aromatic nitrogens is 1. The van der Waals surface area contributed by atoms with Gasteiger partial charge in [-0.25, -0.2) is 4.98 Å². The molecule has 0 radical (unpaired) electrons. The molecule has 1 atom stereocenters. The van der Waals surface area contributed by atoms with Gasteiger partial charge >= 0.3 is 0 Å². The van der Waals surface area contributed by atoms with Gasteiger partial charge in [-0.1, -0.05) is 19.1 Å². The third-order valence-electron chi connectivity index (χ3n) is 4.74. The summed E-state index contributed by atoms with van der Waals surface area (Å²) in [5, 5.41) is 3.80. The zero-order chi connectivity index (χ0) is 17.2. The summed E-state index contributed by atoms with van der Waals surface area (Å²) in [5.41, 5.74) is 0.950. The number of likely N-dealkylation sites (tertiary alicyclic amines) is 1. The van der Waals surface area contributed by atoms with Gasteiger partial charge in [0.25, 0.3) is 5.91 Å². The number of likely N-dealkylation sites (N-methyl/N-ethyl adjacent to an activating group) is 1. The van der Waals surface area contributed by atoms with Crippen LogP contribution in [0.25, 0.3) is 21.0 Å². The number of rotatable bonds is 5. The Bertz CT molecular complexity index is 853. The Balaban J connectivity index is 1.44. The summed E-state index contributed by atoms with van der Waals surface area (Å²) in [7, 11) is 0. The Morgan fingerprint density at radius 3 is 3.08 bits per heavy atom. The van der Waals surface area contributed by atoms with Crippen molar-refractivity contribution in [2.75, 3.05) is 19.6 Å². The van der Waals surface area contributed by atoms with E-state index >= 15 is 0 Å². The quantitative estimate of drug-likeness (QED) is 0.757. The summed E-state index contributed by atoms with van der Waals surface area (Å²) in [6.45, 7) is 4.99. The largest absolute Gasteiger partial charge is 0.448 e. The zero-order valence-electron chi connectivity index (χ0n) is 14.2. The lowest BCUT2D eigenvalue weighted by Gasteiger charge is -2.22. The molecule has 5 nitrogen and oxygen atoms in total. The minimum absolute atomic E-state index is 0.157. The Labute approximate surface area is 150 Å². The molecule has 1 N–H and O–H groups in total. The van der Waals surface area contributed by atoms with Crippen molar-refractivity contribution in [2.24, 2.45) is 0 Å². The van der Waals surface area contributed by atoms with Crippen LogP contribution in [0.1, 0.15) is 30.3 Å². The van der Waals surface area contributed by atoms with Crippen LogP contribution in [0.2, 0.25) is 0 Å². The molecular formula is C19H21N3O2S. The van der Waals surface area contributed by atoms with Crippen molar-refractivity contribution in [3.63, 3.8) is 0 Å². The van der Waals surface area contributed by atoms with Gasteiger partial charge in [-0.3, -0.25) is 9.69 Å². The molecule has 3 aromatic rings. The van der Waals surface area contributed by atoms with Gasteiger partial charge in [0.1, 0.15) is 0 Å². The third kappa shape index (κ3) is 3.32. The standard InChI is InChI=1S/C19H21N3O2S/c1-2-22-11-5-6-13(22)12-20-18(23)15-9-10-16(24-15)19-21-14-7-3-4-8-17(14)25-19/h3-4,7-10,13H,2,5-6,11-12H2,1H3,(H,20,23). The number of nitrogens with one attached hydrogen (secondary N) is 1. The molecule has 1 unspecified atom stereocenters. The van der Waals surface area contributed by atoms with E-state index in [-0.39, 0.29) is 5.91 Å². The van der Waals surface area contributed by atoms with Gasteiger partial charge in [0, 0.05) is 12.6 Å². The second-order valence-electron chi connectivity index (χ2n) is 6.29. The molecule has 0 aliphatic carbocycles. The highest BCUT2D eigenvalue weighted by Crippen LogP contribution is 2.31. The zero-order valence-corrected chi connectivity index (χ0v) is 15.0. The number of hydrogen-bond acceptors (Lipinski definition) is 5. The Kier molecular flexibility index (Phi) is 4.55. The lowest BCUT2D eigenvalue weighted by atomic mass is 10.2. The minimum Gasteiger partial charge on any atom is -0.448 e. The van der Waals surface area contributed by atoms with Crippen LogP contribution in [0.15, 0.2) is 40.8 Å². The maximum Gasteiger partial charge on any atom is 0.287 e. The highest BCUT2D eigenvalue weighted by molar-refractivity contribution is 7.21. The first-order valence-electron chi connectivity index (χ1n) is 8.72. The molecule has 3 heterocycles. The summed E-state index contributed by atoms with van der Waals surface area (Å²) >= 11 is 1.57. The predicted octanol–water partition coefficient (Wildman–Crippen LogP) is 3.77. The van der Waals surface area contributed by atoms with Crippen LogP contribution in [0.3, 0.4) is 0 Å². The van der Waals surface area contributed by atoms with E-state index in [1.165, 1.54) is 6.42 Å². The smallest absolute Gasteiger partial charge is 0.287 e. The summed E-state index contributed by atoms with van der Waals surface area (Å²) in [6, 6.07) is 12.0. The summed E-state index contributed by atoms with van der Waals surface area (Å²) < 4.78 is 6.86. The number of carbonyl (C=O) groups excluding carboxylic acids is 1. The van der Waals surface area contributed by atoms with Crippen molar-refractivity contribution in [1.82, 2.24) is 15.2 Å². The van der Waals surface area contributed by atoms with Crippen LogP contribution in [0.5, 0.6) is 0 Å². The number of furan rings is 1. The summed E-state index contributed by atoms with van der Waals surface area (Å²) in [4.78, 5) is 19.4. The third-order valence-corrected chi connectivity index (χ3v) is 5.79. The molecule has 1 aromatic carbocycles. The fourth-order valence-corrected chi connectivity index (χ4v) is 4.32. The second kappa shape index (κ2) is 6.98. The fraction of sp³-hybridized carbons (Fsp3) is 0.368. The summed E-state index contributed by atoms with van der Waals surface area (Å²) in [6.07, 6.45) is 2.35. The average molecular weight is 355 g/mol. The molecular weight excluding hydrogens is 334 g/mol. The van der Waals surface area contributed by atoms with Gasteiger partial charge in [0.05, 0.1) is 10.2 Å². The van der Waals surface area contributed by atoms with Crippen molar-refractivity contribution >= 4 is 27.5 Å². The van der Waals surface area contributed by atoms with Crippen molar-refractivity contribution in [3.05, 3.63) is 42.2 Å². The van der Waals surface area contributed by atoms with Crippen molar-refractivity contribution < 1.29 is 9.21 Å². The monoisotopic (exact) mass is 355 g/mol. The molecule has 1 aliphatic rings. The molecule has 6 heteroatoms. The van der Waals surface area contributed by atoms with E-state index in [0.29, 0.717) is 24.1 Å². The van der Waals surface area contributed by atoms with Gasteiger partial charge in [-0.2, -0.15) is 0 Å². The number of benzene rings is 1. The minimum atomic E-state index is -0.157. The first kappa shape index (κ1) is 16.3. The Morgan fingerprint density at radius 1 is 1.36 bits per heavy atom. The van der Waals surface area contributed by atoms with Crippen LogP contribution >= 0.6 is 11.3 Å². The van der Waals surface area contributed by atoms with Crippen LogP contribution < -0.4 is 5.32 Å². The number of hydrogen-bond donors (Lipinski definition) is 1. The van der Waals surface area contributed by atoms with E-state index in [0.717, 1.165) is 34.7 Å².